The summed E-state index contributed by atoms with van der Waals surface area (Å²) < 4.78 is 10.1. The molecule has 0 fully saturated rings. The van der Waals surface area contributed by atoms with E-state index in [2.05, 4.69) is 10.3 Å². The van der Waals surface area contributed by atoms with Gasteiger partial charge in [-0.3, -0.25) is 4.79 Å². The molecule has 0 unspecified atom stereocenters. The molecule has 6 nitrogen and oxygen atoms in total. The zero-order valence-electron chi connectivity index (χ0n) is 12.0. The van der Waals surface area contributed by atoms with Gasteiger partial charge in [-0.25, -0.2) is 4.79 Å². The molecule has 0 radical (unpaired) electrons. The van der Waals surface area contributed by atoms with Crippen LogP contribution in [-0.2, 0) is 4.74 Å². The van der Waals surface area contributed by atoms with Gasteiger partial charge >= 0.3 is 5.97 Å². The van der Waals surface area contributed by atoms with Gasteiger partial charge in [-0.05, 0) is 25.3 Å². The molecule has 21 heavy (non-hydrogen) atoms. The van der Waals surface area contributed by atoms with Crippen LogP contribution in [0.3, 0.4) is 0 Å². The average Bonchev–Trinajstić information content (AvgIpc) is 3.05. The Labute approximate surface area is 126 Å². The van der Waals surface area contributed by atoms with Crippen molar-refractivity contribution in [3.05, 3.63) is 33.8 Å². The smallest absolute Gasteiger partial charge is 0.342 e. The molecule has 0 saturated carbocycles. The van der Waals surface area contributed by atoms with Crippen LogP contribution >= 0.6 is 11.3 Å². The lowest BCUT2D eigenvalue weighted by Crippen LogP contribution is -2.14. The van der Waals surface area contributed by atoms with Crippen LogP contribution in [0.1, 0.15) is 32.6 Å². The molecule has 0 spiro atoms. The van der Waals surface area contributed by atoms with Gasteiger partial charge < -0.3 is 19.8 Å². The number of carbonyl (C=O) groups is 2. The van der Waals surface area contributed by atoms with Crippen LogP contribution in [0.25, 0.3) is 0 Å². The molecule has 2 aromatic rings. The second kappa shape index (κ2) is 6.45. The number of ether oxygens (including phenoxy) is 2. The molecule has 0 aliphatic rings. The molecule has 2 heterocycles. The third-order valence-electron chi connectivity index (χ3n) is 2.86. The number of rotatable bonds is 5. The summed E-state index contributed by atoms with van der Waals surface area (Å²) in [5.74, 6) is -0.293. The van der Waals surface area contributed by atoms with Crippen LogP contribution in [0.4, 0.5) is 5.69 Å². The van der Waals surface area contributed by atoms with Gasteiger partial charge in [0.25, 0.3) is 5.91 Å². The van der Waals surface area contributed by atoms with Gasteiger partial charge in [-0.1, -0.05) is 0 Å². The monoisotopic (exact) mass is 308 g/mol. The number of nitrogens with one attached hydrogen (secondary N) is 2. The van der Waals surface area contributed by atoms with Gasteiger partial charge in [0.15, 0.2) is 0 Å². The van der Waals surface area contributed by atoms with E-state index in [1.807, 2.05) is 0 Å². The third-order valence-corrected chi connectivity index (χ3v) is 3.75. The zero-order valence-corrected chi connectivity index (χ0v) is 12.8. The number of hydrogen-bond donors (Lipinski definition) is 2. The summed E-state index contributed by atoms with van der Waals surface area (Å²) in [6.07, 6.45) is 1.57. The minimum absolute atomic E-state index is 0.273. The predicted molar refractivity (Wildman–Crippen MR) is 80.3 cm³/mol. The lowest BCUT2D eigenvalue weighted by atomic mass is 10.2. The number of amides is 1. The van der Waals surface area contributed by atoms with Crippen LogP contribution in [0.2, 0.25) is 0 Å². The number of aromatic nitrogens is 1. The third kappa shape index (κ3) is 3.08. The topological polar surface area (TPSA) is 80.4 Å². The molecule has 0 bridgehead atoms. The molecule has 1 amide bonds. The summed E-state index contributed by atoms with van der Waals surface area (Å²) in [5.41, 5.74) is 1.37. The molecular weight excluding hydrogens is 292 g/mol. The summed E-state index contributed by atoms with van der Waals surface area (Å²) in [5, 5.41) is 4.47. The standard InChI is InChI=1S/C14H16N2O4S/c1-4-20-14(18)11-8(2)15-7-9(11)16-13(17)12-10(19-3)5-6-21-12/h5-7,15H,4H2,1-3H3,(H,16,17). The number of esters is 1. The summed E-state index contributed by atoms with van der Waals surface area (Å²) in [6, 6.07) is 1.72. The second-order valence-corrected chi connectivity index (χ2v) is 5.11. The van der Waals surface area contributed by atoms with E-state index in [0.29, 0.717) is 27.6 Å². The Bertz CT molecular complexity index is 660. The van der Waals surface area contributed by atoms with Gasteiger partial charge in [0.05, 0.1) is 19.4 Å². The molecule has 0 saturated heterocycles. The highest BCUT2D eigenvalue weighted by molar-refractivity contribution is 7.12. The molecular formula is C14H16N2O4S. The quantitative estimate of drug-likeness (QED) is 0.832. The van der Waals surface area contributed by atoms with Gasteiger partial charge in [0.1, 0.15) is 16.2 Å². The molecule has 0 atom stereocenters. The summed E-state index contributed by atoms with van der Waals surface area (Å²) in [4.78, 5) is 27.5. The number of carbonyl (C=O) groups excluding carboxylic acids is 2. The highest BCUT2D eigenvalue weighted by atomic mass is 32.1. The Balaban J connectivity index is 2.24. The van der Waals surface area contributed by atoms with Crippen molar-refractivity contribution in [3.63, 3.8) is 0 Å². The maximum absolute atomic E-state index is 12.3. The Kier molecular flexibility index (Phi) is 4.64. The first-order valence-corrected chi connectivity index (χ1v) is 7.24. The number of anilines is 1. The van der Waals surface area contributed by atoms with Crippen molar-refractivity contribution < 1.29 is 19.1 Å². The van der Waals surface area contributed by atoms with Crippen LogP contribution < -0.4 is 10.1 Å². The SMILES string of the molecule is CCOC(=O)c1c(NC(=O)c2sccc2OC)c[nH]c1C. The van der Waals surface area contributed by atoms with E-state index in [1.165, 1.54) is 18.4 Å². The zero-order chi connectivity index (χ0) is 15.4. The van der Waals surface area contributed by atoms with E-state index in [9.17, 15) is 9.59 Å². The van der Waals surface area contributed by atoms with Crippen LogP contribution in [0.5, 0.6) is 5.75 Å². The minimum atomic E-state index is -0.468. The predicted octanol–water partition coefficient (Wildman–Crippen LogP) is 2.82. The fourth-order valence-corrected chi connectivity index (χ4v) is 2.65. The number of methoxy groups -OCH3 is 1. The van der Waals surface area contributed by atoms with Crippen molar-refractivity contribution in [2.24, 2.45) is 0 Å². The molecule has 2 rings (SSSR count). The maximum Gasteiger partial charge on any atom is 0.342 e. The first-order valence-electron chi connectivity index (χ1n) is 6.36. The first-order chi connectivity index (χ1) is 10.1. The Morgan fingerprint density at radius 2 is 2.19 bits per heavy atom. The van der Waals surface area contributed by atoms with Crippen molar-refractivity contribution in [1.29, 1.82) is 0 Å². The van der Waals surface area contributed by atoms with E-state index >= 15 is 0 Å². The number of H-pyrrole nitrogens is 1. The van der Waals surface area contributed by atoms with Gasteiger partial charge in [-0.15, -0.1) is 11.3 Å². The van der Waals surface area contributed by atoms with Crippen molar-refractivity contribution in [2.45, 2.75) is 13.8 Å². The Morgan fingerprint density at radius 1 is 1.43 bits per heavy atom. The number of aromatic amines is 1. The van der Waals surface area contributed by atoms with Crippen molar-refractivity contribution in [1.82, 2.24) is 4.98 Å². The molecule has 0 aromatic carbocycles. The summed E-state index contributed by atoms with van der Waals surface area (Å²) in [6.45, 7) is 3.75. The highest BCUT2D eigenvalue weighted by Crippen LogP contribution is 2.27. The molecule has 0 aliphatic heterocycles. The number of hydrogen-bond acceptors (Lipinski definition) is 5. The van der Waals surface area contributed by atoms with Crippen LogP contribution in [0, 0.1) is 6.92 Å². The van der Waals surface area contributed by atoms with Gasteiger partial charge in [0, 0.05) is 11.9 Å². The molecule has 0 aliphatic carbocycles. The number of thiophene rings is 1. The summed E-state index contributed by atoms with van der Waals surface area (Å²) in [7, 11) is 1.50. The van der Waals surface area contributed by atoms with Crippen molar-refractivity contribution in [3.8, 4) is 5.75 Å². The normalized spacial score (nSPS) is 10.2. The van der Waals surface area contributed by atoms with E-state index in [-0.39, 0.29) is 12.5 Å². The Morgan fingerprint density at radius 3 is 2.86 bits per heavy atom. The lowest BCUT2D eigenvalue weighted by molar-refractivity contribution is 0.0527. The Hall–Kier alpha value is -2.28. The van der Waals surface area contributed by atoms with Gasteiger partial charge in [-0.2, -0.15) is 0 Å². The second-order valence-electron chi connectivity index (χ2n) is 4.20. The van der Waals surface area contributed by atoms with E-state index < -0.39 is 5.97 Å². The molecule has 112 valence electrons. The van der Waals surface area contributed by atoms with E-state index in [1.54, 1.807) is 31.5 Å². The fourth-order valence-electron chi connectivity index (χ4n) is 1.89. The first kappa shape index (κ1) is 15.1. The molecule has 2 N–H and O–H groups in total. The van der Waals surface area contributed by atoms with Crippen LogP contribution in [0.15, 0.2) is 17.6 Å². The fraction of sp³-hybridized carbons (Fsp3) is 0.286. The largest absolute Gasteiger partial charge is 0.495 e. The van der Waals surface area contributed by atoms with Crippen molar-refractivity contribution >= 4 is 28.9 Å². The van der Waals surface area contributed by atoms with E-state index in [4.69, 9.17) is 9.47 Å². The number of aryl methyl sites for hydroxylation is 1. The molecule has 7 heteroatoms. The summed E-state index contributed by atoms with van der Waals surface area (Å²) >= 11 is 1.27. The van der Waals surface area contributed by atoms with Gasteiger partial charge in [0.2, 0.25) is 0 Å². The highest BCUT2D eigenvalue weighted by Gasteiger charge is 2.21. The average molecular weight is 308 g/mol. The minimum Gasteiger partial charge on any atom is -0.495 e. The lowest BCUT2D eigenvalue weighted by Gasteiger charge is -2.07. The maximum atomic E-state index is 12.3. The van der Waals surface area contributed by atoms with Crippen molar-refractivity contribution in [2.75, 3.05) is 19.0 Å². The van der Waals surface area contributed by atoms with Crippen LogP contribution in [-0.4, -0.2) is 30.6 Å². The van der Waals surface area contributed by atoms with E-state index in [0.717, 1.165) is 0 Å². The molecule has 2 aromatic heterocycles.